The van der Waals surface area contributed by atoms with Gasteiger partial charge in [-0.1, -0.05) is 18.2 Å². The number of para-hydroxylation sites is 1. The maximum atomic E-state index is 12.3. The number of ether oxygens (including phenoxy) is 1. The van der Waals surface area contributed by atoms with Crippen LogP contribution in [0.1, 0.15) is 18.4 Å². The molecule has 0 spiro atoms. The third-order valence-electron chi connectivity index (χ3n) is 4.28. The quantitative estimate of drug-likeness (QED) is 0.722. The van der Waals surface area contributed by atoms with Gasteiger partial charge in [-0.3, -0.25) is 4.79 Å². The van der Waals surface area contributed by atoms with Crippen molar-refractivity contribution in [3.05, 3.63) is 36.0 Å². The van der Waals surface area contributed by atoms with E-state index in [0.29, 0.717) is 6.42 Å². The second-order valence-electron chi connectivity index (χ2n) is 5.80. The molecule has 1 aromatic heterocycles. The summed E-state index contributed by atoms with van der Waals surface area (Å²) in [5, 5.41) is 7.01. The predicted octanol–water partition coefficient (Wildman–Crippen LogP) is 1.12. The molecule has 0 radical (unpaired) electrons. The SMILES string of the molecule is COC(=O)[C@H](Cc1c[nH]c2ccccc12)NC(=O)[C@@H]1CCCN1. The van der Waals surface area contributed by atoms with E-state index in [9.17, 15) is 9.59 Å². The fourth-order valence-electron chi connectivity index (χ4n) is 3.04. The second kappa shape index (κ2) is 6.83. The van der Waals surface area contributed by atoms with Crippen LogP contribution in [-0.4, -0.2) is 42.6 Å². The normalized spacial score (nSPS) is 18.7. The molecule has 0 saturated carbocycles. The summed E-state index contributed by atoms with van der Waals surface area (Å²) in [5.74, 6) is -0.570. The van der Waals surface area contributed by atoms with E-state index in [1.54, 1.807) is 0 Å². The number of fused-ring (bicyclic) bond motifs is 1. The van der Waals surface area contributed by atoms with E-state index in [1.165, 1.54) is 7.11 Å². The van der Waals surface area contributed by atoms with Crippen LogP contribution < -0.4 is 10.6 Å². The lowest BCUT2D eigenvalue weighted by molar-refractivity contribution is -0.145. The van der Waals surface area contributed by atoms with Crippen molar-refractivity contribution in [1.29, 1.82) is 0 Å². The molecule has 23 heavy (non-hydrogen) atoms. The molecule has 0 unspecified atom stereocenters. The highest BCUT2D eigenvalue weighted by Gasteiger charge is 2.28. The number of nitrogens with one attached hydrogen (secondary N) is 3. The smallest absolute Gasteiger partial charge is 0.328 e. The number of carbonyl (C=O) groups excluding carboxylic acids is 2. The molecule has 6 heteroatoms. The number of amides is 1. The van der Waals surface area contributed by atoms with Crippen LogP contribution in [0.25, 0.3) is 10.9 Å². The van der Waals surface area contributed by atoms with Gasteiger partial charge < -0.3 is 20.4 Å². The van der Waals surface area contributed by atoms with Crippen molar-refractivity contribution in [1.82, 2.24) is 15.6 Å². The number of aromatic amines is 1. The third-order valence-corrected chi connectivity index (χ3v) is 4.28. The van der Waals surface area contributed by atoms with Crippen LogP contribution >= 0.6 is 0 Å². The Morgan fingerprint density at radius 2 is 2.22 bits per heavy atom. The number of carbonyl (C=O) groups is 2. The van der Waals surface area contributed by atoms with E-state index in [-0.39, 0.29) is 11.9 Å². The van der Waals surface area contributed by atoms with Crippen molar-refractivity contribution in [3.63, 3.8) is 0 Å². The number of H-pyrrole nitrogens is 1. The van der Waals surface area contributed by atoms with Gasteiger partial charge in [0.1, 0.15) is 6.04 Å². The molecule has 122 valence electrons. The lowest BCUT2D eigenvalue weighted by Crippen LogP contribution is -2.49. The zero-order valence-electron chi connectivity index (χ0n) is 13.1. The number of rotatable bonds is 5. The molecule has 1 aliphatic heterocycles. The highest BCUT2D eigenvalue weighted by atomic mass is 16.5. The van der Waals surface area contributed by atoms with Crippen LogP contribution in [0.3, 0.4) is 0 Å². The average molecular weight is 315 g/mol. The summed E-state index contributed by atoms with van der Waals surface area (Å²) in [6.45, 7) is 0.837. The van der Waals surface area contributed by atoms with Crippen LogP contribution in [0.5, 0.6) is 0 Å². The molecule has 1 aliphatic rings. The van der Waals surface area contributed by atoms with Gasteiger partial charge in [-0.05, 0) is 31.0 Å². The molecule has 3 rings (SSSR count). The van der Waals surface area contributed by atoms with E-state index in [0.717, 1.165) is 35.9 Å². The van der Waals surface area contributed by atoms with Crippen LogP contribution in [0.4, 0.5) is 0 Å². The number of benzene rings is 1. The van der Waals surface area contributed by atoms with Crippen molar-refractivity contribution >= 4 is 22.8 Å². The Bertz CT molecular complexity index is 704. The third kappa shape index (κ3) is 3.37. The summed E-state index contributed by atoms with van der Waals surface area (Å²) in [4.78, 5) is 27.5. The molecule has 1 saturated heterocycles. The molecule has 0 bridgehead atoms. The van der Waals surface area contributed by atoms with Crippen LogP contribution in [0.2, 0.25) is 0 Å². The van der Waals surface area contributed by atoms with E-state index >= 15 is 0 Å². The fourth-order valence-corrected chi connectivity index (χ4v) is 3.04. The monoisotopic (exact) mass is 315 g/mol. The van der Waals surface area contributed by atoms with Gasteiger partial charge in [0.2, 0.25) is 5.91 Å². The molecule has 1 fully saturated rings. The zero-order chi connectivity index (χ0) is 16.2. The molecule has 0 aliphatic carbocycles. The van der Waals surface area contributed by atoms with Crippen molar-refractivity contribution in [3.8, 4) is 0 Å². The number of aromatic nitrogens is 1. The summed E-state index contributed by atoms with van der Waals surface area (Å²) in [5.41, 5.74) is 1.99. The fraction of sp³-hybridized carbons (Fsp3) is 0.412. The summed E-state index contributed by atoms with van der Waals surface area (Å²) in [6, 6.07) is 6.98. The molecule has 2 heterocycles. The van der Waals surface area contributed by atoms with Gasteiger partial charge in [0.15, 0.2) is 0 Å². The van der Waals surface area contributed by atoms with E-state index in [2.05, 4.69) is 15.6 Å². The van der Waals surface area contributed by atoms with Crippen LogP contribution in [0.15, 0.2) is 30.5 Å². The molecule has 1 aromatic carbocycles. The summed E-state index contributed by atoms with van der Waals surface area (Å²) < 4.78 is 4.85. The van der Waals surface area contributed by atoms with Crippen molar-refractivity contribution in [2.45, 2.75) is 31.3 Å². The number of esters is 1. The van der Waals surface area contributed by atoms with E-state index < -0.39 is 12.0 Å². The number of hydrogen-bond acceptors (Lipinski definition) is 4. The van der Waals surface area contributed by atoms with Gasteiger partial charge in [-0.2, -0.15) is 0 Å². The molecule has 3 N–H and O–H groups in total. The molecule has 2 atom stereocenters. The number of methoxy groups -OCH3 is 1. The summed E-state index contributed by atoms with van der Waals surface area (Å²) >= 11 is 0. The lowest BCUT2D eigenvalue weighted by atomic mass is 10.0. The van der Waals surface area contributed by atoms with Gasteiger partial charge in [0, 0.05) is 23.5 Å². The first-order valence-electron chi connectivity index (χ1n) is 7.85. The van der Waals surface area contributed by atoms with Crippen LogP contribution in [0, 0.1) is 0 Å². The largest absolute Gasteiger partial charge is 0.467 e. The van der Waals surface area contributed by atoms with Crippen molar-refractivity contribution in [2.24, 2.45) is 0 Å². The summed E-state index contributed by atoms with van der Waals surface area (Å²) in [7, 11) is 1.34. The predicted molar refractivity (Wildman–Crippen MR) is 87.0 cm³/mol. The standard InChI is InChI=1S/C17H21N3O3/c1-23-17(22)15(20-16(21)14-7-4-8-18-14)9-11-10-19-13-6-3-2-5-12(11)13/h2-3,5-6,10,14-15,18-19H,4,7-9H2,1H3,(H,20,21)/t14-,15-/m0/s1. The Morgan fingerprint density at radius 3 is 2.96 bits per heavy atom. The van der Waals surface area contributed by atoms with Gasteiger partial charge in [0.25, 0.3) is 0 Å². The minimum absolute atomic E-state index is 0.141. The second-order valence-corrected chi connectivity index (χ2v) is 5.80. The molecule has 6 nitrogen and oxygen atoms in total. The van der Waals surface area contributed by atoms with E-state index in [1.807, 2.05) is 30.5 Å². The minimum atomic E-state index is -0.686. The Kier molecular flexibility index (Phi) is 4.62. The van der Waals surface area contributed by atoms with E-state index in [4.69, 9.17) is 4.74 Å². The Labute approximate surface area is 134 Å². The molecule has 1 amide bonds. The van der Waals surface area contributed by atoms with Gasteiger partial charge in [-0.25, -0.2) is 4.79 Å². The minimum Gasteiger partial charge on any atom is -0.467 e. The van der Waals surface area contributed by atoms with Crippen LogP contribution in [-0.2, 0) is 20.7 Å². The topological polar surface area (TPSA) is 83.2 Å². The highest BCUT2D eigenvalue weighted by Crippen LogP contribution is 2.19. The molecular formula is C17H21N3O3. The van der Waals surface area contributed by atoms with Gasteiger partial charge in [-0.15, -0.1) is 0 Å². The average Bonchev–Trinajstić information content (AvgIpc) is 3.23. The first kappa shape index (κ1) is 15.6. The Hall–Kier alpha value is -2.34. The maximum absolute atomic E-state index is 12.3. The first-order valence-corrected chi connectivity index (χ1v) is 7.85. The molecular weight excluding hydrogens is 294 g/mol. The van der Waals surface area contributed by atoms with Gasteiger partial charge in [0.05, 0.1) is 13.2 Å². The maximum Gasteiger partial charge on any atom is 0.328 e. The summed E-state index contributed by atoms with van der Waals surface area (Å²) in [6.07, 6.45) is 4.05. The lowest BCUT2D eigenvalue weighted by Gasteiger charge is -2.19. The zero-order valence-corrected chi connectivity index (χ0v) is 13.1. The highest BCUT2D eigenvalue weighted by molar-refractivity contribution is 5.89. The number of hydrogen-bond donors (Lipinski definition) is 3. The van der Waals surface area contributed by atoms with Gasteiger partial charge >= 0.3 is 5.97 Å². The van der Waals surface area contributed by atoms with Crippen molar-refractivity contribution in [2.75, 3.05) is 13.7 Å². The van der Waals surface area contributed by atoms with Crippen molar-refractivity contribution < 1.29 is 14.3 Å². The Morgan fingerprint density at radius 1 is 1.39 bits per heavy atom. The molecule has 2 aromatic rings. The first-order chi connectivity index (χ1) is 11.2. The Balaban J connectivity index is 1.76.